The van der Waals surface area contributed by atoms with Crippen molar-refractivity contribution in [1.29, 1.82) is 21.2 Å². The van der Waals surface area contributed by atoms with E-state index in [9.17, 15) is 15.8 Å². The summed E-state index contributed by atoms with van der Waals surface area (Å²) in [6.45, 7) is 1.61. The van der Waals surface area contributed by atoms with Gasteiger partial charge >= 0.3 is 0 Å². The third-order valence-corrected chi connectivity index (χ3v) is 5.84. The van der Waals surface area contributed by atoms with E-state index in [2.05, 4.69) is 31.3 Å². The molecule has 4 atom stereocenters. The zero-order valence-corrected chi connectivity index (χ0v) is 14.9. The lowest BCUT2D eigenvalue weighted by Gasteiger charge is -2.45. The Morgan fingerprint density at radius 2 is 1.88 bits per heavy atom. The van der Waals surface area contributed by atoms with E-state index < -0.39 is 11.3 Å². The maximum atomic E-state index is 9.90. The molecule has 0 spiro atoms. The van der Waals surface area contributed by atoms with Crippen molar-refractivity contribution < 1.29 is 4.90 Å². The average molecular weight is 344 g/mol. The fraction of sp³-hybridized carbons (Fsp3) is 0.429. The van der Waals surface area contributed by atoms with E-state index in [1.165, 1.54) is 4.90 Å². The van der Waals surface area contributed by atoms with Crippen LogP contribution in [0.5, 0.6) is 0 Å². The van der Waals surface area contributed by atoms with Gasteiger partial charge in [0.25, 0.3) is 0 Å². The van der Waals surface area contributed by atoms with Crippen molar-refractivity contribution >= 4 is 5.71 Å². The molecule has 130 valence electrons. The van der Waals surface area contributed by atoms with E-state index in [0.29, 0.717) is 6.42 Å². The van der Waals surface area contributed by atoms with Crippen LogP contribution >= 0.6 is 0 Å². The van der Waals surface area contributed by atoms with Crippen molar-refractivity contribution in [2.24, 2.45) is 23.2 Å². The molecular formula is C21H22N5+. The topological polar surface area (TPSA) is 99.7 Å². The highest BCUT2D eigenvalue weighted by molar-refractivity contribution is 5.99. The first-order valence-corrected chi connectivity index (χ1v) is 8.93. The summed E-state index contributed by atoms with van der Waals surface area (Å²) in [5, 5.41) is 37.9. The maximum absolute atomic E-state index is 9.90. The van der Waals surface area contributed by atoms with Crippen molar-refractivity contribution in [2.75, 3.05) is 20.1 Å². The summed E-state index contributed by atoms with van der Waals surface area (Å²) in [6, 6.07) is 16.5. The van der Waals surface area contributed by atoms with Gasteiger partial charge in [-0.15, -0.1) is 0 Å². The van der Waals surface area contributed by atoms with Gasteiger partial charge in [0.05, 0.1) is 44.1 Å². The first-order chi connectivity index (χ1) is 12.6. The van der Waals surface area contributed by atoms with E-state index in [1.54, 1.807) is 0 Å². The van der Waals surface area contributed by atoms with E-state index in [1.807, 2.05) is 30.3 Å². The van der Waals surface area contributed by atoms with Gasteiger partial charge in [0, 0.05) is 11.8 Å². The van der Waals surface area contributed by atoms with Crippen molar-refractivity contribution in [2.45, 2.75) is 12.8 Å². The predicted octanol–water partition coefficient (Wildman–Crippen LogP) is 1.51. The number of nitriles is 3. The number of aryl methyl sites for hydroxylation is 1. The molecule has 1 aliphatic heterocycles. The van der Waals surface area contributed by atoms with E-state index in [-0.39, 0.29) is 17.5 Å². The molecule has 0 saturated heterocycles. The first kappa shape index (κ1) is 17.9. The Morgan fingerprint density at radius 3 is 2.50 bits per heavy atom. The summed E-state index contributed by atoms with van der Waals surface area (Å²) in [5.74, 6) is -1.03. The molecule has 1 fully saturated rings. The summed E-state index contributed by atoms with van der Waals surface area (Å²) >= 11 is 0. The minimum atomic E-state index is -1.52. The number of fused-ring (bicyclic) bond motifs is 1. The normalized spacial score (nSPS) is 29.5. The van der Waals surface area contributed by atoms with Crippen molar-refractivity contribution in [3.05, 3.63) is 47.5 Å². The summed E-state index contributed by atoms with van der Waals surface area (Å²) in [7, 11) is 2.09. The number of nitrogens with one attached hydrogen (secondary N) is 2. The van der Waals surface area contributed by atoms with Gasteiger partial charge in [0.15, 0.2) is 5.41 Å². The van der Waals surface area contributed by atoms with Gasteiger partial charge in [0.1, 0.15) is 5.92 Å². The molecule has 1 saturated carbocycles. The van der Waals surface area contributed by atoms with Crippen LogP contribution in [0.15, 0.2) is 42.0 Å². The molecule has 1 aromatic rings. The summed E-state index contributed by atoms with van der Waals surface area (Å²) in [6.07, 6.45) is 3.46. The van der Waals surface area contributed by atoms with E-state index in [4.69, 9.17) is 5.41 Å². The van der Waals surface area contributed by atoms with Crippen molar-refractivity contribution in [3.8, 4) is 18.2 Å². The van der Waals surface area contributed by atoms with Crippen LogP contribution < -0.4 is 4.90 Å². The predicted molar refractivity (Wildman–Crippen MR) is 96.9 cm³/mol. The van der Waals surface area contributed by atoms with Gasteiger partial charge < -0.3 is 10.3 Å². The van der Waals surface area contributed by atoms with Gasteiger partial charge in [-0.2, -0.15) is 15.8 Å². The Morgan fingerprint density at radius 1 is 1.19 bits per heavy atom. The van der Waals surface area contributed by atoms with Crippen LogP contribution in [-0.2, 0) is 6.42 Å². The molecule has 1 heterocycles. The van der Waals surface area contributed by atoms with Crippen LogP contribution in [0.4, 0.5) is 0 Å². The molecule has 0 aromatic heterocycles. The second kappa shape index (κ2) is 7.12. The van der Waals surface area contributed by atoms with E-state index in [0.717, 1.165) is 30.6 Å². The highest BCUT2D eigenvalue weighted by Crippen LogP contribution is 2.48. The van der Waals surface area contributed by atoms with Gasteiger partial charge in [-0.25, -0.2) is 0 Å². The smallest absolute Gasteiger partial charge is 0.186 e. The van der Waals surface area contributed by atoms with Gasteiger partial charge in [-0.3, -0.25) is 0 Å². The largest absolute Gasteiger partial charge is 0.334 e. The van der Waals surface area contributed by atoms with Gasteiger partial charge in [-0.1, -0.05) is 30.3 Å². The Labute approximate surface area is 154 Å². The molecule has 3 rings (SSSR count). The van der Waals surface area contributed by atoms with Crippen molar-refractivity contribution in [1.82, 2.24) is 0 Å². The first-order valence-electron chi connectivity index (χ1n) is 8.93. The van der Waals surface area contributed by atoms with Crippen LogP contribution in [0.1, 0.15) is 12.0 Å². The van der Waals surface area contributed by atoms with Crippen LogP contribution in [0.3, 0.4) is 0 Å². The molecule has 26 heavy (non-hydrogen) atoms. The number of rotatable bonds is 3. The number of nitrogens with zero attached hydrogens (tertiary/aromatic N) is 3. The Kier molecular flexibility index (Phi) is 4.90. The second-order valence-electron chi connectivity index (χ2n) is 7.31. The Balaban J connectivity index is 2.02. The number of hydrogen-bond acceptors (Lipinski definition) is 4. The minimum Gasteiger partial charge on any atom is -0.334 e. The quantitative estimate of drug-likeness (QED) is 0.813. The molecule has 1 aromatic carbocycles. The lowest BCUT2D eigenvalue weighted by atomic mass is 9.55. The molecule has 2 aliphatic rings. The highest BCUT2D eigenvalue weighted by atomic mass is 15.1. The summed E-state index contributed by atoms with van der Waals surface area (Å²) < 4.78 is 0. The lowest BCUT2D eigenvalue weighted by molar-refractivity contribution is -0.879. The Hall–Kier alpha value is -2.94. The molecular weight excluding hydrogens is 322 g/mol. The summed E-state index contributed by atoms with van der Waals surface area (Å²) in [4.78, 5) is 1.30. The van der Waals surface area contributed by atoms with Crippen LogP contribution in [0.2, 0.25) is 0 Å². The average Bonchev–Trinajstić information content (AvgIpc) is 2.67. The molecule has 0 amide bonds. The minimum absolute atomic E-state index is 0.00878. The van der Waals surface area contributed by atoms with Gasteiger partial charge in [0.2, 0.25) is 0 Å². The van der Waals surface area contributed by atoms with Crippen LogP contribution in [0, 0.1) is 62.6 Å². The molecule has 5 nitrogen and oxygen atoms in total. The van der Waals surface area contributed by atoms with Crippen LogP contribution in [0.25, 0.3) is 0 Å². The molecule has 2 N–H and O–H groups in total. The van der Waals surface area contributed by atoms with Crippen molar-refractivity contribution in [3.63, 3.8) is 0 Å². The fourth-order valence-corrected chi connectivity index (χ4v) is 4.46. The summed E-state index contributed by atoms with van der Waals surface area (Å²) in [5.41, 5.74) is 0.551. The number of quaternary nitrogens is 1. The molecule has 2 unspecified atom stereocenters. The Bertz CT molecular complexity index is 835. The third kappa shape index (κ3) is 2.80. The number of benzene rings is 1. The number of hydrogen-bond donors (Lipinski definition) is 2. The standard InChI is InChI=1S/C21H21N5/c1-26-10-9-16-17(11-22)20(25)21(13-23,14-24)19(18(16)12-26)8-7-15-5-3-2-4-6-15/h2-6,9,17-19,25H,7-8,10,12H2,1H3/p+1/t17?,18-,19-/m0/s1. The van der Waals surface area contributed by atoms with Crippen LogP contribution in [-0.4, -0.2) is 25.8 Å². The molecule has 0 bridgehead atoms. The SMILES string of the molecule is C[NH+]1CC=C2C(C#N)C(=N)C(C#N)(C#N)[C@@H](CCc3ccccc3)[C@H]2C1. The van der Waals surface area contributed by atoms with E-state index >= 15 is 0 Å². The zero-order valence-electron chi connectivity index (χ0n) is 14.9. The zero-order chi connectivity index (χ0) is 18.7. The fourth-order valence-electron chi connectivity index (χ4n) is 4.46. The third-order valence-electron chi connectivity index (χ3n) is 5.84. The second-order valence-corrected chi connectivity index (χ2v) is 7.31. The van der Waals surface area contributed by atoms with Gasteiger partial charge in [-0.05, 0) is 30.1 Å². The number of likely N-dealkylation sites (N-methyl/N-ethyl adjacent to an activating group) is 1. The lowest BCUT2D eigenvalue weighted by Crippen LogP contribution is -3.10. The molecule has 1 aliphatic carbocycles. The molecule has 0 radical (unpaired) electrons. The highest BCUT2D eigenvalue weighted by Gasteiger charge is 2.57. The maximum Gasteiger partial charge on any atom is 0.186 e. The molecule has 5 heteroatoms. The monoisotopic (exact) mass is 344 g/mol.